The van der Waals surface area contributed by atoms with E-state index in [0.29, 0.717) is 0 Å². The molecule has 0 bridgehead atoms. The number of fused-ring (bicyclic) bond motifs is 1. The molecule has 1 fully saturated rings. The highest BCUT2D eigenvalue weighted by atomic mass is 15.0. The molecular weight excluding hydrogens is 258 g/mol. The fourth-order valence-corrected chi connectivity index (χ4v) is 3.41. The minimum absolute atomic E-state index is 0.765. The highest BCUT2D eigenvalue weighted by Crippen LogP contribution is 2.23. The summed E-state index contributed by atoms with van der Waals surface area (Å²) in [5.41, 5.74) is 1.93. The van der Waals surface area contributed by atoms with Gasteiger partial charge in [0.25, 0.3) is 0 Å². The summed E-state index contributed by atoms with van der Waals surface area (Å²) in [5, 5.41) is 13.8. The Bertz CT molecular complexity index is 629. The predicted molar refractivity (Wildman–Crippen MR) is 86.1 cm³/mol. The average molecular weight is 281 g/mol. The van der Waals surface area contributed by atoms with Crippen LogP contribution in [0.2, 0.25) is 0 Å². The second kappa shape index (κ2) is 6.78. The monoisotopic (exact) mass is 281 g/mol. The Morgan fingerprint density at radius 2 is 2.05 bits per heavy atom. The summed E-state index contributed by atoms with van der Waals surface area (Å²) in [6, 6.07) is 10.3. The molecule has 3 nitrogen and oxygen atoms in total. The van der Waals surface area contributed by atoms with Gasteiger partial charge in [-0.15, -0.1) is 0 Å². The van der Waals surface area contributed by atoms with E-state index in [-0.39, 0.29) is 0 Å². The van der Waals surface area contributed by atoms with Crippen molar-refractivity contribution in [1.29, 1.82) is 5.26 Å². The fraction of sp³-hybridized carbons (Fsp3) is 0.500. The van der Waals surface area contributed by atoms with Crippen LogP contribution in [0.5, 0.6) is 0 Å². The summed E-state index contributed by atoms with van der Waals surface area (Å²) in [7, 11) is 0. The maximum atomic E-state index is 9.13. The van der Waals surface area contributed by atoms with Crippen molar-refractivity contribution in [3.63, 3.8) is 0 Å². The van der Waals surface area contributed by atoms with Crippen LogP contribution in [0.25, 0.3) is 10.9 Å². The van der Waals surface area contributed by atoms with E-state index in [9.17, 15) is 0 Å². The molecule has 3 rings (SSSR count). The van der Waals surface area contributed by atoms with Gasteiger partial charge in [0.1, 0.15) is 0 Å². The van der Waals surface area contributed by atoms with E-state index in [1.165, 1.54) is 32.1 Å². The predicted octanol–water partition coefficient (Wildman–Crippen LogP) is 3.68. The van der Waals surface area contributed by atoms with Gasteiger partial charge in [0.05, 0.1) is 11.6 Å². The molecule has 0 atom stereocenters. The van der Waals surface area contributed by atoms with E-state index < -0.39 is 0 Å². The van der Waals surface area contributed by atoms with Crippen molar-refractivity contribution < 1.29 is 0 Å². The van der Waals surface area contributed by atoms with Gasteiger partial charge in [0.2, 0.25) is 0 Å². The molecule has 0 aliphatic heterocycles. The van der Waals surface area contributed by atoms with Crippen molar-refractivity contribution >= 4 is 10.9 Å². The zero-order chi connectivity index (χ0) is 14.5. The van der Waals surface area contributed by atoms with Crippen LogP contribution in [-0.4, -0.2) is 17.7 Å². The van der Waals surface area contributed by atoms with E-state index in [2.05, 4.69) is 34.3 Å². The molecule has 3 heteroatoms. The molecule has 0 unspecified atom stereocenters. The molecule has 1 saturated carbocycles. The highest BCUT2D eigenvalue weighted by Gasteiger charge is 2.12. The molecule has 0 radical (unpaired) electrons. The van der Waals surface area contributed by atoms with Crippen LogP contribution >= 0.6 is 0 Å². The Labute approximate surface area is 126 Å². The number of hydrogen-bond donors (Lipinski definition) is 1. The number of hydrogen-bond acceptors (Lipinski definition) is 2. The lowest BCUT2D eigenvalue weighted by Gasteiger charge is -2.21. The zero-order valence-electron chi connectivity index (χ0n) is 12.5. The molecular formula is C18H23N3. The van der Waals surface area contributed by atoms with Gasteiger partial charge in [-0.05, 0) is 43.5 Å². The van der Waals surface area contributed by atoms with Crippen molar-refractivity contribution in [3.05, 3.63) is 36.0 Å². The molecule has 0 saturated heterocycles. The lowest BCUT2D eigenvalue weighted by Crippen LogP contribution is -2.27. The van der Waals surface area contributed by atoms with E-state index in [1.807, 2.05) is 12.1 Å². The Morgan fingerprint density at radius 3 is 2.86 bits per heavy atom. The Hall–Kier alpha value is -1.79. The van der Waals surface area contributed by atoms with Crippen molar-refractivity contribution in [2.24, 2.45) is 5.92 Å². The summed E-state index contributed by atoms with van der Waals surface area (Å²) in [6.07, 6.45) is 9.12. The van der Waals surface area contributed by atoms with E-state index >= 15 is 0 Å². The third kappa shape index (κ3) is 3.28. The molecule has 0 spiro atoms. The molecule has 21 heavy (non-hydrogen) atoms. The van der Waals surface area contributed by atoms with Crippen LogP contribution in [0.4, 0.5) is 0 Å². The van der Waals surface area contributed by atoms with Gasteiger partial charge in [0.15, 0.2) is 0 Å². The second-order valence-electron chi connectivity index (χ2n) is 6.07. The number of rotatable bonds is 5. The van der Waals surface area contributed by atoms with Gasteiger partial charge in [0, 0.05) is 30.2 Å². The molecule has 110 valence electrons. The molecule has 0 amide bonds. The third-order valence-electron chi connectivity index (χ3n) is 4.62. The van der Waals surface area contributed by atoms with E-state index in [1.54, 1.807) is 0 Å². The fourth-order valence-electron chi connectivity index (χ4n) is 3.41. The normalized spacial score (nSPS) is 16.1. The Kier molecular flexibility index (Phi) is 4.57. The van der Waals surface area contributed by atoms with E-state index in [0.717, 1.165) is 42.0 Å². The first-order chi connectivity index (χ1) is 10.4. The third-order valence-corrected chi connectivity index (χ3v) is 4.62. The molecule has 1 aliphatic carbocycles. The standard InChI is InChI=1S/C18H23N3/c19-13-16-7-4-8-18-17(16)9-11-21(18)12-10-20-14-15-5-2-1-3-6-15/h4,7-9,11,15,20H,1-3,5-6,10,12,14H2. The van der Waals surface area contributed by atoms with Crippen LogP contribution in [0.15, 0.2) is 30.5 Å². The maximum Gasteiger partial charge on any atom is 0.0998 e. The molecule has 1 aromatic heterocycles. The number of aromatic nitrogens is 1. The highest BCUT2D eigenvalue weighted by molar-refractivity contribution is 5.85. The molecule has 1 aliphatic rings. The first-order valence-electron chi connectivity index (χ1n) is 8.07. The quantitative estimate of drug-likeness (QED) is 0.849. The van der Waals surface area contributed by atoms with Gasteiger partial charge in [-0.2, -0.15) is 5.26 Å². The van der Waals surface area contributed by atoms with Crippen molar-refractivity contribution in [3.8, 4) is 6.07 Å². The second-order valence-corrected chi connectivity index (χ2v) is 6.07. The lowest BCUT2D eigenvalue weighted by molar-refractivity contribution is 0.341. The maximum absolute atomic E-state index is 9.13. The van der Waals surface area contributed by atoms with Gasteiger partial charge >= 0.3 is 0 Å². The van der Waals surface area contributed by atoms with Gasteiger partial charge in [-0.3, -0.25) is 0 Å². The minimum atomic E-state index is 0.765. The van der Waals surface area contributed by atoms with Crippen LogP contribution in [0, 0.1) is 17.2 Å². The average Bonchev–Trinajstić information content (AvgIpc) is 2.96. The number of benzene rings is 1. The summed E-state index contributed by atoms with van der Waals surface area (Å²) in [5.74, 6) is 0.880. The number of nitrogens with zero attached hydrogens (tertiary/aromatic N) is 2. The smallest absolute Gasteiger partial charge is 0.0998 e. The minimum Gasteiger partial charge on any atom is -0.346 e. The van der Waals surface area contributed by atoms with Gasteiger partial charge in [-0.1, -0.05) is 25.3 Å². The topological polar surface area (TPSA) is 40.8 Å². The first-order valence-corrected chi connectivity index (χ1v) is 8.07. The van der Waals surface area contributed by atoms with Crippen molar-refractivity contribution in [1.82, 2.24) is 9.88 Å². The molecule has 1 N–H and O–H groups in total. The largest absolute Gasteiger partial charge is 0.346 e. The summed E-state index contributed by atoms with van der Waals surface area (Å²) in [4.78, 5) is 0. The van der Waals surface area contributed by atoms with Crippen LogP contribution in [0.1, 0.15) is 37.7 Å². The Morgan fingerprint density at radius 1 is 1.19 bits per heavy atom. The number of nitrogens with one attached hydrogen (secondary N) is 1. The van der Waals surface area contributed by atoms with Gasteiger partial charge in [-0.25, -0.2) is 0 Å². The molecule has 2 aromatic rings. The SMILES string of the molecule is N#Cc1cccc2c1ccn2CCNCC1CCCCC1. The molecule has 1 heterocycles. The summed E-state index contributed by atoms with van der Waals surface area (Å²) < 4.78 is 2.24. The first kappa shape index (κ1) is 14.2. The summed E-state index contributed by atoms with van der Waals surface area (Å²) >= 11 is 0. The van der Waals surface area contributed by atoms with Crippen molar-refractivity contribution in [2.45, 2.75) is 38.6 Å². The van der Waals surface area contributed by atoms with Gasteiger partial charge < -0.3 is 9.88 Å². The van der Waals surface area contributed by atoms with E-state index in [4.69, 9.17) is 5.26 Å². The number of nitriles is 1. The molecule has 1 aromatic carbocycles. The van der Waals surface area contributed by atoms with Crippen LogP contribution in [-0.2, 0) is 6.54 Å². The lowest BCUT2D eigenvalue weighted by atomic mass is 9.89. The van der Waals surface area contributed by atoms with Crippen molar-refractivity contribution in [2.75, 3.05) is 13.1 Å². The van der Waals surface area contributed by atoms with Crippen LogP contribution in [0.3, 0.4) is 0 Å². The Balaban J connectivity index is 1.55. The van der Waals surface area contributed by atoms with Crippen LogP contribution < -0.4 is 5.32 Å². The zero-order valence-corrected chi connectivity index (χ0v) is 12.5. The summed E-state index contributed by atoms with van der Waals surface area (Å²) in [6.45, 7) is 3.12.